The van der Waals surface area contributed by atoms with Crippen LogP contribution < -0.4 is 5.32 Å². The molecule has 2 rings (SSSR count). The lowest BCUT2D eigenvalue weighted by Gasteiger charge is -2.01. The number of nitro groups is 1. The first-order chi connectivity index (χ1) is 9.11. The number of nitrogens with zero attached hydrogens (tertiary/aromatic N) is 3. The van der Waals surface area contributed by atoms with Crippen LogP contribution in [-0.2, 0) is 6.54 Å². The Kier molecular flexibility index (Phi) is 3.56. The lowest BCUT2D eigenvalue weighted by Crippen LogP contribution is -2.14. The van der Waals surface area contributed by atoms with Crippen LogP contribution in [0.4, 0.5) is 11.4 Å². The number of anilines is 1. The largest absolute Gasteiger partial charge is 0.320 e. The average molecular weight is 260 g/mol. The Labute approximate surface area is 109 Å². The number of aryl methyl sites for hydroxylation is 1. The molecule has 0 atom stereocenters. The Morgan fingerprint density at radius 1 is 1.42 bits per heavy atom. The maximum absolute atomic E-state index is 12.0. The average Bonchev–Trinajstić information content (AvgIpc) is 2.84. The van der Waals surface area contributed by atoms with Gasteiger partial charge in [-0.2, -0.15) is 5.10 Å². The highest BCUT2D eigenvalue weighted by Crippen LogP contribution is 2.18. The van der Waals surface area contributed by atoms with Gasteiger partial charge in [0.2, 0.25) is 5.69 Å². The summed E-state index contributed by atoms with van der Waals surface area (Å²) in [5, 5.41) is 17.4. The fourth-order valence-corrected chi connectivity index (χ4v) is 1.58. The Bertz CT molecular complexity index is 607. The molecule has 0 saturated carbocycles. The summed E-state index contributed by atoms with van der Waals surface area (Å²) in [5.74, 6) is -0.592. The summed E-state index contributed by atoms with van der Waals surface area (Å²) < 4.78 is 1.36. The van der Waals surface area contributed by atoms with Crippen LogP contribution in [0.15, 0.2) is 36.5 Å². The molecule has 0 unspecified atom stereocenters. The van der Waals surface area contributed by atoms with E-state index in [1.807, 2.05) is 6.07 Å². The summed E-state index contributed by atoms with van der Waals surface area (Å²) in [6, 6.07) is 8.72. The summed E-state index contributed by atoms with van der Waals surface area (Å²) in [5.41, 5.74) is 0.0823. The minimum absolute atomic E-state index is 0.185. The molecule has 0 radical (unpaired) electrons. The van der Waals surface area contributed by atoms with E-state index in [1.54, 1.807) is 31.2 Å². The maximum Gasteiger partial charge on any atom is 0.320 e. The van der Waals surface area contributed by atoms with Crippen molar-refractivity contribution < 1.29 is 9.72 Å². The summed E-state index contributed by atoms with van der Waals surface area (Å²) in [6.45, 7) is 2.25. The standard InChI is InChI=1S/C12H12N4O3/c1-2-15-8-10(16(18)19)11(14-15)12(17)13-9-6-4-3-5-7-9/h3-8H,2H2,1H3,(H,13,17). The molecule has 7 nitrogen and oxygen atoms in total. The van der Waals surface area contributed by atoms with E-state index in [0.717, 1.165) is 0 Å². The second-order valence-electron chi connectivity index (χ2n) is 3.80. The molecule has 0 saturated heterocycles. The first-order valence-corrected chi connectivity index (χ1v) is 5.70. The van der Waals surface area contributed by atoms with Gasteiger partial charge in [0, 0.05) is 12.2 Å². The Morgan fingerprint density at radius 2 is 2.11 bits per heavy atom. The number of rotatable bonds is 4. The van der Waals surface area contributed by atoms with Crippen LogP contribution in [0.3, 0.4) is 0 Å². The van der Waals surface area contributed by atoms with Gasteiger partial charge in [-0.3, -0.25) is 19.6 Å². The SMILES string of the molecule is CCn1cc([N+](=O)[O-])c(C(=O)Nc2ccccc2)n1. The van der Waals surface area contributed by atoms with Gasteiger partial charge in [0.15, 0.2) is 0 Å². The topological polar surface area (TPSA) is 90.1 Å². The minimum Gasteiger partial charge on any atom is -0.320 e. The van der Waals surface area contributed by atoms with Crippen LogP contribution in [0.25, 0.3) is 0 Å². The van der Waals surface area contributed by atoms with Crippen molar-refractivity contribution in [1.82, 2.24) is 9.78 Å². The molecule has 0 aliphatic heterocycles. The van der Waals surface area contributed by atoms with Crippen molar-refractivity contribution in [3.8, 4) is 0 Å². The number of hydrogen-bond acceptors (Lipinski definition) is 4. The van der Waals surface area contributed by atoms with Crippen molar-refractivity contribution in [1.29, 1.82) is 0 Å². The van der Waals surface area contributed by atoms with Crippen molar-refractivity contribution in [3.05, 3.63) is 52.3 Å². The van der Waals surface area contributed by atoms with Gasteiger partial charge >= 0.3 is 5.69 Å². The fourth-order valence-electron chi connectivity index (χ4n) is 1.58. The molecular formula is C12H12N4O3. The van der Waals surface area contributed by atoms with Crippen LogP contribution in [0.1, 0.15) is 17.4 Å². The lowest BCUT2D eigenvalue weighted by atomic mass is 10.3. The predicted octanol–water partition coefficient (Wildman–Crippen LogP) is 2.06. The molecule has 1 heterocycles. The smallest absolute Gasteiger partial charge is 0.320 e. The predicted molar refractivity (Wildman–Crippen MR) is 69.0 cm³/mol. The number of para-hydroxylation sites is 1. The van der Waals surface area contributed by atoms with E-state index in [0.29, 0.717) is 12.2 Å². The van der Waals surface area contributed by atoms with Gasteiger partial charge < -0.3 is 5.32 Å². The van der Waals surface area contributed by atoms with Crippen molar-refractivity contribution in [3.63, 3.8) is 0 Å². The van der Waals surface area contributed by atoms with E-state index in [9.17, 15) is 14.9 Å². The zero-order chi connectivity index (χ0) is 13.8. The quantitative estimate of drug-likeness (QED) is 0.673. The molecule has 2 aromatic rings. The highest BCUT2D eigenvalue weighted by Gasteiger charge is 2.25. The van der Waals surface area contributed by atoms with E-state index in [-0.39, 0.29) is 11.4 Å². The molecular weight excluding hydrogens is 248 g/mol. The Morgan fingerprint density at radius 3 is 2.68 bits per heavy atom. The Balaban J connectivity index is 2.28. The third-order valence-electron chi connectivity index (χ3n) is 2.51. The first-order valence-electron chi connectivity index (χ1n) is 5.70. The van der Waals surface area contributed by atoms with Gasteiger partial charge in [0.1, 0.15) is 6.20 Å². The van der Waals surface area contributed by atoms with Gasteiger partial charge in [0.25, 0.3) is 5.91 Å². The van der Waals surface area contributed by atoms with Crippen LogP contribution in [0, 0.1) is 10.1 Å². The Hall–Kier alpha value is -2.70. The summed E-state index contributed by atoms with van der Waals surface area (Å²) in [6.07, 6.45) is 1.25. The van der Waals surface area contributed by atoms with Crippen LogP contribution in [0.5, 0.6) is 0 Å². The molecule has 1 N–H and O–H groups in total. The number of nitrogens with one attached hydrogen (secondary N) is 1. The van der Waals surface area contributed by atoms with Crippen molar-refractivity contribution >= 4 is 17.3 Å². The zero-order valence-electron chi connectivity index (χ0n) is 10.2. The molecule has 98 valence electrons. The van der Waals surface area contributed by atoms with Crippen LogP contribution in [0.2, 0.25) is 0 Å². The number of carbonyl (C=O) groups is 1. The molecule has 0 spiro atoms. The third-order valence-corrected chi connectivity index (χ3v) is 2.51. The second-order valence-corrected chi connectivity index (χ2v) is 3.80. The van der Waals surface area contributed by atoms with E-state index in [1.165, 1.54) is 10.9 Å². The molecule has 0 aliphatic rings. The summed E-state index contributed by atoms with van der Waals surface area (Å²) in [4.78, 5) is 22.2. The molecule has 7 heteroatoms. The van der Waals surface area contributed by atoms with Crippen LogP contribution >= 0.6 is 0 Å². The number of benzene rings is 1. The lowest BCUT2D eigenvalue weighted by molar-refractivity contribution is -0.385. The monoisotopic (exact) mass is 260 g/mol. The van der Waals surface area contributed by atoms with Gasteiger partial charge in [-0.15, -0.1) is 0 Å². The van der Waals surface area contributed by atoms with Crippen molar-refractivity contribution in [2.75, 3.05) is 5.32 Å². The summed E-state index contributed by atoms with van der Waals surface area (Å²) >= 11 is 0. The first kappa shape index (κ1) is 12.7. The molecule has 0 bridgehead atoms. The number of hydrogen-bond donors (Lipinski definition) is 1. The molecule has 1 amide bonds. The van der Waals surface area contributed by atoms with E-state index >= 15 is 0 Å². The molecule has 0 aliphatic carbocycles. The minimum atomic E-state index is -0.612. The van der Waals surface area contributed by atoms with Gasteiger partial charge in [0.05, 0.1) is 4.92 Å². The highest BCUT2D eigenvalue weighted by atomic mass is 16.6. The number of aromatic nitrogens is 2. The molecule has 1 aromatic heterocycles. The number of carbonyl (C=O) groups excluding carboxylic acids is 1. The van der Waals surface area contributed by atoms with Crippen molar-refractivity contribution in [2.24, 2.45) is 0 Å². The maximum atomic E-state index is 12.0. The van der Waals surface area contributed by atoms with Crippen molar-refractivity contribution in [2.45, 2.75) is 13.5 Å². The van der Waals surface area contributed by atoms with Gasteiger partial charge in [-0.1, -0.05) is 18.2 Å². The van der Waals surface area contributed by atoms with Crippen LogP contribution in [-0.4, -0.2) is 20.6 Å². The zero-order valence-corrected chi connectivity index (χ0v) is 10.2. The van der Waals surface area contributed by atoms with Gasteiger partial charge in [-0.25, -0.2) is 0 Å². The second kappa shape index (κ2) is 5.30. The van der Waals surface area contributed by atoms with E-state index < -0.39 is 10.8 Å². The molecule has 0 fully saturated rings. The highest BCUT2D eigenvalue weighted by molar-refractivity contribution is 6.05. The van der Waals surface area contributed by atoms with Gasteiger partial charge in [-0.05, 0) is 19.1 Å². The third kappa shape index (κ3) is 2.76. The fraction of sp³-hybridized carbons (Fsp3) is 0.167. The molecule has 1 aromatic carbocycles. The summed E-state index contributed by atoms with van der Waals surface area (Å²) in [7, 11) is 0. The molecule has 19 heavy (non-hydrogen) atoms. The van der Waals surface area contributed by atoms with E-state index in [2.05, 4.69) is 10.4 Å². The van der Waals surface area contributed by atoms with E-state index in [4.69, 9.17) is 0 Å². The normalized spacial score (nSPS) is 10.2. The number of amides is 1.